The van der Waals surface area contributed by atoms with Crippen LogP contribution in [0.3, 0.4) is 0 Å². The molecule has 0 atom stereocenters. The number of rotatable bonds is 6. The van der Waals surface area contributed by atoms with Gasteiger partial charge in [0.15, 0.2) is 0 Å². The third-order valence-electron chi connectivity index (χ3n) is 7.33. The number of azo groups is 1. The first-order valence-corrected chi connectivity index (χ1v) is 15.1. The van der Waals surface area contributed by atoms with Crippen LogP contribution < -0.4 is 15.9 Å². The summed E-state index contributed by atoms with van der Waals surface area (Å²) in [6.45, 7) is 0. The maximum atomic E-state index is 4.71. The van der Waals surface area contributed by atoms with E-state index in [2.05, 4.69) is 139 Å². The molecule has 0 amide bonds. The van der Waals surface area contributed by atoms with Gasteiger partial charge in [0.25, 0.3) is 0 Å². The van der Waals surface area contributed by atoms with Gasteiger partial charge in [0.1, 0.15) is 0 Å². The normalized spacial score (nSPS) is 11.5. The zero-order chi connectivity index (χ0) is 27.4. The number of benzene rings is 7. The van der Waals surface area contributed by atoms with E-state index in [-0.39, 0.29) is 0 Å². The average molecular weight is 543 g/mol. The van der Waals surface area contributed by atoms with E-state index in [1.807, 2.05) is 30.3 Å². The maximum Gasteiger partial charge on any atom is 0.0869 e. The molecule has 0 unspecified atom stereocenters. The molecule has 0 N–H and O–H groups in total. The second-order valence-electron chi connectivity index (χ2n) is 9.94. The van der Waals surface area contributed by atoms with Crippen LogP contribution in [-0.4, -0.2) is 0 Å². The Balaban J connectivity index is 1.53. The molecule has 3 heteroatoms. The average Bonchev–Trinajstić information content (AvgIpc) is 3.05. The summed E-state index contributed by atoms with van der Waals surface area (Å²) in [5.41, 5.74) is 4.11. The molecule has 7 aromatic rings. The molecular formula is C38H27N2P. The molecular weight excluding hydrogens is 515 g/mol. The molecule has 0 heterocycles. The van der Waals surface area contributed by atoms with Gasteiger partial charge in [-0.2, -0.15) is 10.2 Å². The summed E-state index contributed by atoms with van der Waals surface area (Å²) in [5.74, 6) is 0. The number of nitrogens with zero attached hydrogens (tertiary/aromatic N) is 2. The standard InChI is InChI=1S/C38H27N2P/c1-4-16-30(17-5-1)39-40-31-26-29-15-11-12-22-34(29)36(27-31)38-35-23-13-10-14-28(35)24-25-37(38)41(32-18-6-2-7-19-32)33-20-8-3-9-21-33/h1-27H. The summed E-state index contributed by atoms with van der Waals surface area (Å²) in [6.07, 6.45) is 0. The Morgan fingerprint density at radius 3 is 1.61 bits per heavy atom. The van der Waals surface area contributed by atoms with Gasteiger partial charge in [0.05, 0.1) is 11.4 Å². The van der Waals surface area contributed by atoms with Crippen LogP contribution in [0.1, 0.15) is 0 Å². The smallest absolute Gasteiger partial charge is 0.0869 e. The van der Waals surface area contributed by atoms with Crippen LogP contribution in [0.5, 0.6) is 0 Å². The molecule has 0 aliphatic rings. The van der Waals surface area contributed by atoms with E-state index < -0.39 is 7.92 Å². The highest BCUT2D eigenvalue weighted by Gasteiger charge is 2.23. The Hall–Kier alpha value is -4.91. The zero-order valence-corrected chi connectivity index (χ0v) is 23.3. The Kier molecular flexibility index (Phi) is 6.91. The number of hydrogen-bond acceptors (Lipinski definition) is 2. The van der Waals surface area contributed by atoms with Gasteiger partial charge in [0, 0.05) is 0 Å². The lowest BCUT2D eigenvalue weighted by Crippen LogP contribution is -2.22. The second kappa shape index (κ2) is 11.3. The van der Waals surface area contributed by atoms with Gasteiger partial charge in [0.2, 0.25) is 0 Å². The van der Waals surface area contributed by atoms with E-state index >= 15 is 0 Å². The highest BCUT2D eigenvalue weighted by atomic mass is 31.1. The third-order valence-corrected chi connectivity index (χ3v) is 9.81. The molecule has 0 saturated carbocycles. The van der Waals surface area contributed by atoms with Gasteiger partial charge in [-0.05, 0) is 80.8 Å². The lowest BCUT2D eigenvalue weighted by molar-refractivity contribution is 1.24. The van der Waals surface area contributed by atoms with Crippen LogP contribution >= 0.6 is 7.92 Å². The van der Waals surface area contributed by atoms with Crippen LogP contribution in [0.25, 0.3) is 32.7 Å². The van der Waals surface area contributed by atoms with E-state index in [0.29, 0.717) is 0 Å². The second-order valence-corrected chi connectivity index (χ2v) is 12.1. The molecule has 0 aliphatic carbocycles. The van der Waals surface area contributed by atoms with Gasteiger partial charge in [-0.25, -0.2) is 0 Å². The van der Waals surface area contributed by atoms with E-state index in [0.717, 1.165) is 16.8 Å². The van der Waals surface area contributed by atoms with Gasteiger partial charge in [-0.3, -0.25) is 0 Å². The summed E-state index contributed by atoms with van der Waals surface area (Å²) in [5, 5.41) is 18.1. The molecule has 7 aromatic carbocycles. The largest absolute Gasteiger partial charge is 0.151 e. The number of hydrogen-bond donors (Lipinski definition) is 0. The van der Waals surface area contributed by atoms with Gasteiger partial charge < -0.3 is 0 Å². The van der Waals surface area contributed by atoms with Crippen molar-refractivity contribution in [2.45, 2.75) is 0 Å². The lowest BCUT2D eigenvalue weighted by Gasteiger charge is -2.24. The maximum absolute atomic E-state index is 4.71. The van der Waals surface area contributed by atoms with Crippen molar-refractivity contribution in [1.29, 1.82) is 0 Å². The monoisotopic (exact) mass is 542 g/mol. The fourth-order valence-corrected chi connectivity index (χ4v) is 7.96. The van der Waals surface area contributed by atoms with E-state index in [9.17, 15) is 0 Å². The molecule has 7 rings (SSSR count). The van der Waals surface area contributed by atoms with Gasteiger partial charge >= 0.3 is 0 Å². The highest BCUT2D eigenvalue weighted by Crippen LogP contribution is 2.43. The Morgan fingerprint density at radius 2 is 0.927 bits per heavy atom. The van der Waals surface area contributed by atoms with Crippen LogP contribution in [0.4, 0.5) is 11.4 Å². The minimum Gasteiger partial charge on any atom is -0.151 e. The Bertz CT molecular complexity index is 1950. The minimum atomic E-state index is -0.827. The molecule has 41 heavy (non-hydrogen) atoms. The summed E-state index contributed by atoms with van der Waals surface area (Å²) in [4.78, 5) is 0. The Morgan fingerprint density at radius 1 is 0.390 bits per heavy atom. The van der Waals surface area contributed by atoms with E-state index in [1.165, 1.54) is 43.2 Å². The van der Waals surface area contributed by atoms with Crippen molar-refractivity contribution in [1.82, 2.24) is 0 Å². The molecule has 0 fully saturated rings. The molecule has 0 spiro atoms. The van der Waals surface area contributed by atoms with Crippen LogP contribution in [0, 0.1) is 0 Å². The lowest BCUT2D eigenvalue weighted by atomic mass is 9.93. The topological polar surface area (TPSA) is 24.7 Å². The third kappa shape index (κ3) is 5.07. The Labute approximate surface area is 241 Å². The summed E-state index contributed by atoms with van der Waals surface area (Å²) in [7, 11) is -0.827. The van der Waals surface area contributed by atoms with E-state index in [1.54, 1.807) is 0 Å². The van der Waals surface area contributed by atoms with Crippen molar-refractivity contribution < 1.29 is 0 Å². The van der Waals surface area contributed by atoms with Crippen LogP contribution in [0.15, 0.2) is 174 Å². The molecule has 0 bridgehead atoms. The summed E-state index contributed by atoms with van der Waals surface area (Å²) < 4.78 is 0. The SMILES string of the molecule is c1ccc(N=Nc2cc(-c3c(P(c4ccccc4)c4ccccc4)ccc4ccccc34)c3ccccc3c2)cc1. The molecule has 194 valence electrons. The molecule has 2 nitrogen and oxygen atoms in total. The highest BCUT2D eigenvalue weighted by molar-refractivity contribution is 7.80. The van der Waals surface area contributed by atoms with Crippen molar-refractivity contribution in [3.8, 4) is 11.1 Å². The summed E-state index contributed by atoms with van der Waals surface area (Å²) >= 11 is 0. The van der Waals surface area contributed by atoms with Gasteiger partial charge in [-0.1, -0.05) is 140 Å². The zero-order valence-electron chi connectivity index (χ0n) is 22.4. The first-order valence-electron chi connectivity index (χ1n) is 13.8. The van der Waals surface area contributed by atoms with Gasteiger partial charge in [-0.15, -0.1) is 0 Å². The first kappa shape index (κ1) is 25.1. The summed E-state index contributed by atoms with van der Waals surface area (Å²) in [6, 6.07) is 58.0. The van der Waals surface area contributed by atoms with Crippen LogP contribution in [-0.2, 0) is 0 Å². The van der Waals surface area contributed by atoms with Crippen molar-refractivity contribution >= 4 is 56.8 Å². The van der Waals surface area contributed by atoms with Crippen molar-refractivity contribution in [2.24, 2.45) is 10.2 Å². The predicted molar refractivity (Wildman–Crippen MR) is 176 cm³/mol. The number of fused-ring (bicyclic) bond motifs is 2. The molecule has 0 aliphatic heterocycles. The molecule has 0 radical (unpaired) electrons. The fourth-order valence-electron chi connectivity index (χ4n) is 5.48. The predicted octanol–water partition coefficient (Wildman–Crippen LogP) is 9.83. The minimum absolute atomic E-state index is 0.827. The first-order chi connectivity index (χ1) is 20.3. The van der Waals surface area contributed by atoms with Crippen molar-refractivity contribution in [3.63, 3.8) is 0 Å². The quantitative estimate of drug-likeness (QED) is 0.148. The van der Waals surface area contributed by atoms with E-state index in [4.69, 9.17) is 5.11 Å². The van der Waals surface area contributed by atoms with Crippen molar-refractivity contribution in [3.05, 3.63) is 164 Å². The fraction of sp³-hybridized carbons (Fsp3) is 0. The molecule has 0 aromatic heterocycles. The van der Waals surface area contributed by atoms with Crippen LogP contribution in [0.2, 0.25) is 0 Å². The molecule has 0 saturated heterocycles. The van der Waals surface area contributed by atoms with Crippen molar-refractivity contribution in [2.75, 3.05) is 0 Å².